The van der Waals surface area contributed by atoms with Gasteiger partial charge in [-0.15, -0.1) is 0 Å². The summed E-state index contributed by atoms with van der Waals surface area (Å²) in [5, 5.41) is 5.70. The van der Waals surface area contributed by atoms with Crippen molar-refractivity contribution in [1.29, 1.82) is 0 Å². The van der Waals surface area contributed by atoms with E-state index in [9.17, 15) is 18.0 Å². The van der Waals surface area contributed by atoms with Crippen molar-refractivity contribution in [2.45, 2.75) is 75.1 Å². The fraction of sp³-hybridized carbons (Fsp3) is 0.619. The van der Waals surface area contributed by atoms with Crippen molar-refractivity contribution in [1.82, 2.24) is 10.6 Å². The lowest BCUT2D eigenvalue weighted by molar-refractivity contribution is -0.127. The van der Waals surface area contributed by atoms with Crippen LogP contribution in [0, 0.1) is 11.8 Å². The first-order chi connectivity index (χ1) is 13.2. The van der Waals surface area contributed by atoms with Gasteiger partial charge in [-0.1, -0.05) is 19.1 Å². The molecule has 28 heavy (non-hydrogen) atoms. The number of sulfone groups is 1. The van der Waals surface area contributed by atoms with Crippen molar-refractivity contribution < 1.29 is 18.0 Å². The van der Waals surface area contributed by atoms with Crippen molar-refractivity contribution in [2.24, 2.45) is 11.8 Å². The third-order valence-corrected chi connectivity index (χ3v) is 8.26. The van der Waals surface area contributed by atoms with Crippen LogP contribution in [0.3, 0.4) is 0 Å². The zero-order chi connectivity index (χ0) is 20.5. The SMILES string of the molecule is CC1CC(=O)NC2CC(NC(=O)Cc3ccc(S(=O)(=O)C(C)C)cc3)CCC12. The molecule has 1 heterocycles. The number of carbonyl (C=O) groups is 2. The van der Waals surface area contributed by atoms with Gasteiger partial charge in [-0.3, -0.25) is 9.59 Å². The molecule has 4 unspecified atom stereocenters. The Morgan fingerprint density at radius 3 is 2.54 bits per heavy atom. The second-order valence-corrected chi connectivity index (χ2v) is 11.0. The predicted molar refractivity (Wildman–Crippen MR) is 107 cm³/mol. The number of fused-ring (bicyclic) bond motifs is 1. The molecule has 0 radical (unpaired) electrons. The van der Waals surface area contributed by atoms with Gasteiger partial charge in [-0.25, -0.2) is 8.42 Å². The lowest BCUT2D eigenvalue weighted by atomic mass is 9.72. The van der Waals surface area contributed by atoms with Crippen LogP contribution < -0.4 is 10.6 Å². The smallest absolute Gasteiger partial charge is 0.224 e. The summed E-state index contributed by atoms with van der Waals surface area (Å²) in [5.41, 5.74) is 0.786. The van der Waals surface area contributed by atoms with Gasteiger partial charge in [-0.2, -0.15) is 0 Å². The molecule has 2 amide bonds. The van der Waals surface area contributed by atoms with E-state index in [-0.39, 0.29) is 35.2 Å². The van der Waals surface area contributed by atoms with Crippen molar-refractivity contribution in [3.8, 4) is 0 Å². The lowest BCUT2D eigenvalue weighted by Crippen LogP contribution is -2.55. The zero-order valence-corrected chi connectivity index (χ0v) is 17.6. The summed E-state index contributed by atoms with van der Waals surface area (Å²) in [7, 11) is -3.30. The normalized spacial score (nSPS) is 27.8. The average molecular weight is 407 g/mol. The summed E-state index contributed by atoms with van der Waals surface area (Å²) in [6, 6.07) is 6.77. The van der Waals surface area contributed by atoms with Crippen LogP contribution in [0.25, 0.3) is 0 Å². The summed E-state index contributed by atoms with van der Waals surface area (Å²) >= 11 is 0. The van der Waals surface area contributed by atoms with Crippen LogP contribution >= 0.6 is 0 Å². The molecule has 4 atom stereocenters. The fourth-order valence-corrected chi connectivity index (χ4v) is 5.47. The third kappa shape index (κ3) is 4.57. The molecule has 6 nitrogen and oxygen atoms in total. The van der Waals surface area contributed by atoms with E-state index >= 15 is 0 Å². The Labute approximate surface area is 167 Å². The highest BCUT2D eigenvalue weighted by Crippen LogP contribution is 2.35. The first-order valence-electron chi connectivity index (χ1n) is 10.1. The highest BCUT2D eigenvalue weighted by atomic mass is 32.2. The van der Waals surface area contributed by atoms with E-state index in [0.29, 0.717) is 18.3 Å². The van der Waals surface area contributed by atoms with Gasteiger partial charge in [0.1, 0.15) is 0 Å². The van der Waals surface area contributed by atoms with Gasteiger partial charge in [0.25, 0.3) is 0 Å². The Kier molecular flexibility index (Phi) is 6.12. The first-order valence-corrected chi connectivity index (χ1v) is 11.6. The van der Waals surface area contributed by atoms with Crippen LogP contribution in [0.2, 0.25) is 0 Å². The lowest BCUT2D eigenvalue weighted by Gasteiger charge is -2.43. The van der Waals surface area contributed by atoms with Crippen molar-refractivity contribution in [3.63, 3.8) is 0 Å². The highest BCUT2D eigenvalue weighted by Gasteiger charge is 2.39. The molecule has 1 aromatic carbocycles. The molecule has 1 saturated carbocycles. The number of rotatable bonds is 5. The van der Waals surface area contributed by atoms with Crippen molar-refractivity contribution >= 4 is 21.7 Å². The van der Waals surface area contributed by atoms with Gasteiger partial charge >= 0.3 is 0 Å². The van der Waals surface area contributed by atoms with Gasteiger partial charge in [0.15, 0.2) is 9.84 Å². The molecule has 7 heteroatoms. The number of hydrogen-bond donors (Lipinski definition) is 2. The van der Waals surface area contributed by atoms with Crippen LogP contribution in [-0.4, -0.2) is 37.6 Å². The van der Waals surface area contributed by atoms with Crippen molar-refractivity contribution in [3.05, 3.63) is 29.8 Å². The van der Waals surface area contributed by atoms with Gasteiger partial charge in [0.05, 0.1) is 16.6 Å². The molecule has 1 aliphatic heterocycles. The molecule has 1 aromatic rings. The molecular weight excluding hydrogens is 376 g/mol. The summed E-state index contributed by atoms with van der Waals surface area (Å²) in [6.07, 6.45) is 3.53. The number of benzene rings is 1. The largest absolute Gasteiger partial charge is 0.353 e. The Morgan fingerprint density at radius 2 is 1.89 bits per heavy atom. The number of hydrogen-bond acceptors (Lipinski definition) is 4. The van der Waals surface area contributed by atoms with Crippen LogP contribution in [0.5, 0.6) is 0 Å². The summed E-state index contributed by atoms with van der Waals surface area (Å²) in [6.45, 7) is 5.44. The van der Waals surface area contributed by atoms with Gasteiger partial charge in [0.2, 0.25) is 11.8 Å². The van der Waals surface area contributed by atoms with Crippen LogP contribution in [0.4, 0.5) is 0 Å². The molecule has 0 aromatic heterocycles. The van der Waals surface area contributed by atoms with Gasteiger partial charge < -0.3 is 10.6 Å². The third-order valence-electron chi connectivity index (χ3n) is 6.09. The summed E-state index contributed by atoms with van der Waals surface area (Å²) in [4.78, 5) is 24.5. The number of piperidine rings is 1. The van der Waals surface area contributed by atoms with Crippen LogP contribution in [0.15, 0.2) is 29.2 Å². The van der Waals surface area contributed by atoms with E-state index < -0.39 is 15.1 Å². The Bertz CT molecular complexity index is 832. The van der Waals surface area contributed by atoms with Crippen LogP contribution in [-0.2, 0) is 25.8 Å². The summed E-state index contributed by atoms with van der Waals surface area (Å²) in [5.74, 6) is 0.938. The summed E-state index contributed by atoms with van der Waals surface area (Å²) < 4.78 is 24.4. The molecule has 1 saturated heterocycles. The molecule has 1 aliphatic carbocycles. The Morgan fingerprint density at radius 1 is 1.21 bits per heavy atom. The molecule has 2 fully saturated rings. The maximum absolute atomic E-state index is 12.4. The molecule has 0 spiro atoms. The van der Waals surface area contributed by atoms with Crippen molar-refractivity contribution in [2.75, 3.05) is 0 Å². The number of nitrogens with one attached hydrogen (secondary N) is 2. The van der Waals surface area contributed by atoms with E-state index in [1.807, 2.05) is 0 Å². The highest BCUT2D eigenvalue weighted by molar-refractivity contribution is 7.92. The van der Waals surface area contributed by atoms with Gasteiger partial charge in [-0.05, 0) is 62.6 Å². The number of carbonyl (C=O) groups excluding carboxylic acids is 2. The van der Waals surface area contributed by atoms with Gasteiger partial charge in [0, 0.05) is 18.5 Å². The molecule has 0 bridgehead atoms. The Hall–Kier alpha value is -1.89. The second-order valence-electron chi connectivity index (χ2n) is 8.51. The minimum absolute atomic E-state index is 0.0694. The maximum Gasteiger partial charge on any atom is 0.224 e. The maximum atomic E-state index is 12.4. The molecule has 3 rings (SSSR count). The van der Waals surface area contributed by atoms with E-state index in [2.05, 4.69) is 17.6 Å². The number of amides is 2. The van der Waals surface area contributed by atoms with E-state index in [4.69, 9.17) is 0 Å². The minimum atomic E-state index is -3.30. The average Bonchev–Trinajstić information content (AvgIpc) is 2.61. The fourth-order valence-electron chi connectivity index (χ4n) is 4.41. The topological polar surface area (TPSA) is 92.3 Å². The standard InChI is InChI=1S/C21H30N2O4S/c1-13(2)28(26,27)17-7-4-15(5-8-17)11-21(25)22-16-6-9-18-14(3)10-20(24)23-19(18)12-16/h4-5,7-8,13-14,16,18-19H,6,9-12H2,1-3H3,(H,22,25)(H,23,24). The van der Waals surface area contributed by atoms with E-state index in [1.165, 1.54) is 0 Å². The monoisotopic (exact) mass is 406 g/mol. The predicted octanol–water partition coefficient (Wildman–Crippen LogP) is 2.22. The molecular formula is C21H30N2O4S. The first kappa shape index (κ1) is 20.8. The van der Waals surface area contributed by atoms with Crippen LogP contribution in [0.1, 0.15) is 52.0 Å². The molecule has 2 aliphatic rings. The van der Waals surface area contributed by atoms with E-state index in [1.54, 1.807) is 38.1 Å². The quantitative estimate of drug-likeness (QED) is 0.784. The Balaban J connectivity index is 1.55. The molecule has 154 valence electrons. The zero-order valence-electron chi connectivity index (χ0n) is 16.8. The second kappa shape index (κ2) is 8.23. The van der Waals surface area contributed by atoms with E-state index in [0.717, 1.165) is 24.8 Å². The minimum Gasteiger partial charge on any atom is -0.353 e. The molecule has 2 N–H and O–H groups in total.